The molecular weight excluding hydrogens is 456 g/mol. The number of methoxy groups -OCH3 is 1. The molecule has 0 fully saturated rings. The number of unbranched alkanes of at least 4 members (excludes halogenated alkanes) is 1. The van der Waals surface area contributed by atoms with Crippen LogP contribution < -0.4 is 21.9 Å². The van der Waals surface area contributed by atoms with Gasteiger partial charge in [0.05, 0.1) is 23.4 Å². The lowest BCUT2D eigenvalue weighted by molar-refractivity contribution is -0.116. The third-order valence-corrected chi connectivity index (χ3v) is 6.26. The predicted octanol–water partition coefficient (Wildman–Crippen LogP) is 2.23. The molecule has 0 saturated heterocycles. The number of amides is 1. The van der Waals surface area contributed by atoms with Crippen LogP contribution >= 0.6 is 11.8 Å². The van der Waals surface area contributed by atoms with Gasteiger partial charge in [-0.05, 0) is 18.6 Å². The van der Waals surface area contributed by atoms with Gasteiger partial charge < -0.3 is 19.9 Å². The first kappa shape index (κ1) is 25.3. The molecule has 3 N–H and O–H groups in total. The van der Waals surface area contributed by atoms with E-state index in [4.69, 9.17) is 10.5 Å². The lowest BCUT2D eigenvalue weighted by atomic mass is 10.3. The molecule has 2 aromatic heterocycles. The molecule has 10 nitrogen and oxygen atoms in total. The van der Waals surface area contributed by atoms with Crippen LogP contribution in [0, 0.1) is 0 Å². The third-order valence-electron chi connectivity index (χ3n) is 5.30. The Morgan fingerprint density at radius 3 is 2.79 bits per heavy atom. The largest absolute Gasteiger partial charge is 0.383 e. The number of imidazole rings is 1. The molecule has 0 unspecified atom stereocenters. The number of rotatable bonds is 12. The number of hydrogen-bond donors (Lipinski definition) is 2. The number of H-pyrrole nitrogens is 1. The molecule has 1 aromatic carbocycles. The van der Waals surface area contributed by atoms with Crippen molar-refractivity contribution in [3.63, 3.8) is 0 Å². The topological polar surface area (TPSA) is 128 Å². The zero-order chi connectivity index (χ0) is 24.7. The second-order valence-electron chi connectivity index (χ2n) is 7.61. The predicted molar refractivity (Wildman–Crippen MR) is 136 cm³/mol. The standard InChI is InChI=1S/C23H30N6O4S/c1-4-6-12-29-20(24)19(21(31)26-22(29)32)28(13-14-33-3)18(30)15-34-23-25-16-9-7-8-10-17(16)27(23)11-5-2/h5,7-10H,2,4,6,11-15,24H2,1,3H3,(H,26,31,32). The summed E-state index contributed by atoms with van der Waals surface area (Å²) in [5.41, 5.74) is 6.65. The first-order chi connectivity index (χ1) is 16.4. The van der Waals surface area contributed by atoms with Gasteiger partial charge >= 0.3 is 5.69 Å². The maximum absolute atomic E-state index is 13.3. The fraction of sp³-hybridized carbons (Fsp3) is 0.391. The molecule has 34 heavy (non-hydrogen) atoms. The van der Waals surface area contributed by atoms with Crippen LogP contribution in [0.5, 0.6) is 0 Å². The first-order valence-electron chi connectivity index (χ1n) is 11.0. The molecule has 0 atom stereocenters. The summed E-state index contributed by atoms with van der Waals surface area (Å²) in [4.78, 5) is 46.5. The number of aromatic nitrogens is 4. The van der Waals surface area contributed by atoms with Crippen molar-refractivity contribution in [1.29, 1.82) is 0 Å². The molecular formula is C23H30N6O4S. The van der Waals surface area contributed by atoms with E-state index in [9.17, 15) is 14.4 Å². The summed E-state index contributed by atoms with van der Waals surface area (Å²) in [6.45, 7) is 6.98. The van der Waals surface area contributed by atoms with Crippen molar-refractivity contribution >= 4 is 40.2 Å². The highest BCUT2D eigenvalue weighted by Gasteiger charge is 2.25. The minimum Gasteiger partial charge on any atom is -0.383 e. The van der Waals surface area contributed by atoms with Gasteiger partial charge in [-0.2, -0.15) is 0 Å². The van der Waals surface area contributed by atoms with E-state index in [1.165, 1.54) is 28.3 Å². The van der Waals surface area contributed by atoms with E-state index >= 15 is 0 Å². The van der Waals surface area contributed by atoms with Gasteiger partial charge in [-0.3, -0.25) is 19.1 Å². The average molecular weight is 487 g/mol. The molecule has 0 aliphatic rings. The Balaban J connectivity index is 1.93. The Bertz CT molecular complexity index is 1280. The van der Waals surface area contributed by atoms with Crippen LogP contribution in [0.3, 0.4) is 0 Å². The number of fused-ring (bicyclic) bond motifs is 1. The number of nitrogens with zero attached hydrogens (tertiary/aromatic N) is 4. The van der Waals surface area contributed by atoms with Crippen molar-refractivity contribution in [3.8, 4) is 0 Å². The number of anilines is 2. The minimum absolute atomic E-state index is 0.0111. The lowest BCUT2D eigenvalue weighted by Gasteiger charge is -2.24. The van der Waals surface area contributed by atoms with Gasteiger partial charge in [-0.1, -0.05) is 43.3 Å². The molecule has 182 valence electrons. The van der Waals surface area contributed by atoms with Crippen LogP contribution in [0.15, 0.2) is 51.7 Å². The van der Waals surface area contributed by atoms with E-state index < -0.39 is 11.2 Å². The summed E-state index contributed by atoms with van der Waals surface area (Å²) in [6, 6.07) is 7.70. The zero-order valence-electron chi connectivity index (χ0n) is 19.5. The molecule has 0 saturated carbocycles. The number of aromatic amines is 1. The summed E-state index contributed by atoms with van der Waals surface area (Å²) >= 11 is 1.26. The monoisotopic (exact) mass is 486 g/mol. The summed E-state index contributed by atoms with van der Waals surface area (Å²) in [6.07, 6.45) is 3.32. The fourth-order valence-corrected chi connectivity index (χ4v) is 4.49. The Morgan fingerprint density at radius 2 is 2.09 bits per heavy atom. The summed E-state index contributed by atoms with van der Waals surface area (Å²) in [5.74, 6) is -0.371. The lowest BCUT2D eigenvalue weighted by Crippen LogP contribution is -2.43. The zero-order valence-corrected chi connectivity index (χ0v) is 20.3. The smallest absolute Gasteiger partial charge is 0.330 e. The van der Waals surface area contributed by atoms with Crippen LogP contribution in [-0.4, -0.2) is 51.0 Å². The van der Waals surface area contributed by atoms with Crippen molar-refractivity contribution in [1.82, 2.24) is 19.1 Å². The van der Waals surface area contributed by atoms with Crippen molar-refractivity contribution < 1.29 is 9.53 Å². The molecule has 3 aromatic rings. The van der Waals surface area contributed by atoms with E-state index in [0.29, 0.717) is 24.7 Å². The first-order valence-corrected chi connectivity index (χ1v) is 12.0. The fourth-order valence-electron chi connectivity index (χ4n) is 3.59. The Kier molecular flexibility index (Phi) is 8.72. The van der Waals surface area contributed by atoms with Crippen molar-refractivity contribution in [3.05, 3.63) is 57.8 Å². The normalized spacial score (nSPS) is 11.1. The second-order valence-corrected chi connectivity index (χ2v) is 8.55. The van der Waals surface area contributed by atoms with Gasteiger partial charge in [0, 0.05) is 26.7 Å². The van der Waals surface area contributed by atoms with Crippen LogP contribution in [-0.2, 0) is 22.6 Å². The molecule has 3 rings (SSSR count). The van der Waals surface area contributed by atoms with Gasteiger partial charge in [-0.25, -0.2) is 9.78 Å². The average Bonchev–Trinajstić information content (AvgIpc) is 3.17. The Morgan fingerprint density at radius 1 is 1.32 bits per heavy atom. The quantitative estimate of drug-likeness (QED) is 0.297. The maximum atomic E-state index is 13.3. The number of carbonyl (C=O) groups excluding carboxylic acids is 1. The highest BCUT2D eigenvalue weighted by atomic mass is 32.2. The number of nitrogen functional groups attached to an aromatic ring is 1. The number of para-hydroxylation sites is 2. The van der Waals surface area contributed by atoms with E-state index in [1.807, 2.05) is 35.8 Å². The molecule has 0 aliphatic heterocycles. The molecule has 11 heteroatoms. The molecule has 2 heterocycles. The van der Waals surface area contributed by atoms with Gasteiger partial charge in [0.2, 0.25) is 5.91 Å². The number of nitrogens with one attached hydrogen (secondary N) is 1. The SMILES string of the molecule is C=CCn1c(SCC(=O)N(CCOC)c2c(N)n(CCCC)c(=O)[nH]c2=O)nc2ccccc21. The van der Waals surface area contributed by atoms with Gasteiger partial charge in [0.15, 0.2) is 10.8 Å². The van der Waals surface area contributed by atoms with Gasteiger partial charge in [-0.15, -0.1) is 6.58 Å². The number of nitrogens with two attached hydrogens (primary N) is 1. The van der Waals surface area contributed by atoms with Crippen molar-refractivity contribution in [2.75, 3.05) is 36.6 Å². The molecule has 0 spiro atoms. The number of hydrogen-bond acceptors (Lipinski definition) is 7. The molecule has 0 radical (unpaired) electrons. The second kappa shape index (κ2) is 11.7. The summed E-state index contributed by atoms with van der Waals surface area (Å²) in [5, 5.41) is 0.663. The van der Waals surface area contributed by atoms with E-state index in [0.717, 1.165) is 17.5 Å². The number of allylic oxidation sites excluding steroid dienone is 1. The Labute approximate surface area is 201 Å². The van der Waals surface area contributed by atoms with Crippen LogP contribution in [0.1, 0.15) is 19.8 Å². The van der Waals surface area contributed by atoms with Gasteiger partial charge in [0.25, 0.3) is 5.56 Å². The third kappa shape index (κ3) is 5.42. The van der Waals surface area contributed by atoms with Crippen LogP contribution in [0.4, 0.5) is 11.5 Å². The summed E-state index contributed by atoms with van der Waals surface area (Å²) < 4.78 is 8.42. The Hall–Kier alpha value is -3.31. The van der Waals surface area contributed by atoms with Crippen LogP contribution in [0.2, 0.25) is 0 Å². The number of thioether (sulfide) groups is 1. The molecule has 1 amide bonds. The van der Waals surface area contributed by atoms with Crippen LogP contribution in [0.25, 0.3) is 11.0 Å². The van der Waals surface area contributed by atoms with Crippen molar-refractivity contribution in [2.24, 2.45) is 0 Å². The van der Waals surface area contributed by atoms with Gasteiger partial charge in [0.1, 0.15) is 5.82 Å². The van der Waals surface area contributed by atoms with E-state index in [2.05, 4.69) is 16.5 Å². The number of benzene rings is 1. The summed E-state index contributed by atoms with van der Waals surface area (Å²) in [7, 11) is 1.50. The van der Waals surface area contributed by atoms with Crippen molar-refractivity contribution in [2.45, 2.75) is 38.0 Å². The maximum Gasteiger partial charge on any atom is 0.330 e. The van der Waals surface area contributed by atoms with E-state index in [1.54, 1.807) is 6.08 Å². The molecule has 0 bridgehead atoms. The minimum atomic E-state index is -0.705. The van der Waals surface area contributed by atoms with E-state index in [-0.39, 0.29) is 36.3 Å². The highest BCUT2D eigenvalue weighted by Crippen LogP contribution is 2.25. The number of ether oxygens (including phenoxy) is 1. The highest BCUT2D eigenvalue weighted by molar-refractivity contribution is 7.99. The molecule has 0 aliphatic carbocycles. The number of carbonyl (C=O) groups is 1.